The number of aliphatic imine (C=N–C) groups is 2. The summed E-state index contributed by atoms with van der Waals surface area (Å²) in [7, 11) is 0. The third-order valence-electron chi connectivity index (χ3n) is 5.07. The third kappa shape index (κ3) is 5.34. The van der Waals surface area contributed by atoms with Crippen LogP contribution in [0, 0.1) is 0 Å². The molecule has 0 saturated heterocycles. The SMILES string of the molecule is CC(=NCc1cccc(-c2ccccc2)c1)N=C(N)c1cccc(-c2ccccc2)c1. The molecule has 0 aliphatic rings. The van der Waals surface area contributed by atoms with Crippen LogP contribution < -0.4 is 5.73 Å². The van der Waals surface area contributed by atoms with Crippen molar-refractivity contribution in [3.05, 3.63) is 120 Å². The Kier molecular flexibility index (Phi) is 6.34. The molecule has 0 radical (unpaired) electrons. The quantitative estimate of drug-likeness (QED) is 0.306. The molecule has 0 aliphatic heterocycles. The first kappa shape index (κ1) is 20.3. The van der Waals surface area contributed by atoms with Gasteiger partial charge in [0.2, 0.25) is 0 Å². The summed E-state index contributed by atoms with van der Waals surface area (Å²) in [5.74, 6) is 1.13. The number of hydrogen-bond acceptors (Lipinski definition) is 1. The number of benzene rings is 4. The molecule has 0 aromatic heterocycles. The van der Waals surface area contributed by atoms with Crippen molar-refractivity contribution >= 4 is 11.7 Å². The van der Waals surface area contributed by atoms with E-state index in [1.165, 1.54) is 11.1 Å². The molecule has 0 atom stereocenters. The minimum Gasteiger partial charge on any atom is -0.383 e. The van der Waals surface area contributed by atoms with Crippen LogP contribution in [0.3, 0.4) is 0 Å². The van der Waals surface area contributed by atoms with Crippen LogP contribution in [0.1, 0.15) is 18.1 Å². The van der Waals surface area contributed by atoms with Crippen molar-refractivity contribution < 1.29 is 0 Å². The largest absolute Gasteiger partial charge is 0.383 e. The lowest BCUT2D eigenvalue weighted by Crippen LogP contribution is -2.15. The zero-order valence-electron chi connectivity index (χ0n) is 17.6. The van der Waals surface area contributed by atoms with E-state index < -0.39 is 0 Å². The molecule has 0 saturated carbocycles. The summed E-state index contributed by atoms with van der Waals surface area (Å²) in [6.45, 7) is 2.45. The molecule has 4 aromatic carbocycles. The van der Waals surface area contributed by atoms with Crippen molar-refractivity contribution in [3.63, 3.8) is 0 Å². The fraction of sp³-hybridized carbons (Fsp3) is 0.0714. The minimum absolute atomic E-state index is 0.470. The molecule has 0 heterocycles. The molecule has 0 fully saturated rings. The van der Waals surface area contributed by atoms with Crippen molar-refractivity contribution in [1.29, 1.82) is 0 Å². The second-order valence-electron chi connectivity index (χ2n) is 7.37. The van der Waals surface area contributed by atoms with Gasteiger partial charge in [0, 0.05) is 5.56 Å². The number of nitrogens with zero attached hydrogens (tertiary/aromatic N) is 2. The molecule has 3 nitrogen and oxygen atoms in total. The summed E-state index contributed by atoms with van der Waals surface area (Å²) in [5.41, 5.74) is 13.0. The zero-order chi connectivity index (χ0) is 21.5. The van der Waals surface area contributed by atoms with E-state index in [0.717, 1.165) is 22.3 Å². The minimum atomic E-state index is 0.470. The highest BCUT2D eigenvalue weighted by atomic mass is 15.0. The van der Waals surface area contributed by atoms with Crippen LogP contribution in [0.2, 0.25) is 0 Å². The molecule has 4 rings (SSSR count). The van der Waals surface area contributed by atoms with Gasteiger partial charge in [-0.15, -0.1) is 0 Å². The van der Waals surface area contributed by atoms with Gasteiger partial charge in [-0.1, -0.05) is 97.1 Å². The first-order chi connectivity index (χ1) is 15.2. The molecular weight excluding hydrogens is 378 g/mol. The number of amidine groups is 2. The summed E-state index contributed by atoms with van der Waals surface area (Å²) in [4.78, 5) is 9.15. The van der Waals surface area contributed by atoms with Crippen LogP contribution in [-0.4, -0.2) is 11.7 Å². The molecular formula is C28H25N3. The smallest absolute Gasteiger partial charge is 0.132 e. The first-order valence-corrected chi connectivity index (χ1v) is 10.3. The molecule has 0 unspecified atom stereocenters. The molecule has 152 valence electrons. The van der Waals surface area contributed by atoms with E-state index in [4.69, 9.17) is 5.73 Å². The molecule has 0 amide bonds. The average Bonchev–Trinajstić information content (AvgIpc) is 2.84. The molecule has 31 heavy (non-hydrogen) atoms. The van der Waals surface area contributed by atoms with Gasteiger partial charge in [-0.3, -0.25) is 4.99 Å². The van der Waals surface area contributed by atoms with Gasteiger partial charge in [0.1, 0.15) is 11.7 Å². The van der Waals surface area contributed by atoms with Gasteiger partial charge in [-0.25, -0.2) is 4.99 Å². The Bertz CT molecular complexity index is 1210. The lowest BCUT2D eigenvalue weighted by molar-refractivity contribution is 1.06. The van der Waals surface area contributed by atoms with Gasteiger partial charge in [0.25, 0.3) is 0 Å². The van der Waals surface area contributed by atoms with Gasteiger partial charge in [-0.2, -0.15) is 0 Å². The maximum absolute atomic E-state index is 6.28. The lowest BCUT2D eigenvalue weighted by atomic mass is 10.0. The predicted octanol–water partition coefficient (Wildman–Crippen LogP) is 6.34. The summed E-state index contributed by atoms with van der Waals surface area (Å²) in [6, 6.07) is 37.1. The number of hydrogen-bond donors (Lipinski definition) is 1. The fourth-order valence-corrected chi connectivity index (χ4v) is 3.45. The second-order valence-corrected chi connectivity index (χ2v) is 7.37. The summed E-state index contributed by atoms with van der Waals surface area (Å²) < 4.78 is 0. The highest BCUT2D eigenvalue weighted by Gasteiger charge is 2.03. The van der Waals surface area contributed by atoms with Gasteiger partial charge < -0.3 is 5.73 Å². The Morgan fingerprint density at radius 2 is 1.19 bits per heavy atom. The highest BCUT2D eigenvalue weighted by Crippen LogP contribution is 2.21. The van der Waals surface area contributed by atoms with E-state index in [1.807, 2.05) is 43.3 Å². The molecule has 3 heteroatoms. The normalized spacial score (nSPS) is 12.0. The van der Waals surface area contributed by atoms with Gasteiger partial charge in [0.15, 0.2) is 0 Å². The van der Waals surface area contributed by atoms with Crippen molar-refractivity contribution in [2.45, 2.75) is 13.5 Å². The maximum Gasteiger partial charge on any atom is 0.132 e. The van der Waals surface area contributed by atoms with Gasteiger partial charge in [0.05, 0.1) is 6.54 Å². The van der Waals surface area contributed by atoms with Crippen molar-refractivity contribution in [3.8, 4) is 22.3 Å². The maximum atomic E-state index is 6.28. The summed E-state index contributed by atoms with van der Waals surface area (Å²) in [5, 5.41) is 0. The van der Waals surface area contributed by atoms with E-state index in [0.29, 0.717) is 18.2 Å². The van der Waals surface area contributed by atoms with Crippen molar-refractivity contribution in [2.24, 2.45) is 15.7 Å². The monoisotopic (exact) mass is 403 g/mol. The van der Waals surface area contributed by atoms with E-state index >= 15 is 0 Å². The van der Waals surface area contributed by atoms with Crippen molar-refractivity contribution in [1.82, 2.24) is 0 Å². The predicted molar refractivity (Wildman–Crippen MR) is 131 cm³/mol. The Balaban J connectivity index is 1.49. The van der Waals surface area contributed by atoms with E-state index in [-0.39, 0.29) is 0 Å². The van der Waals surface area contributed by atoms with Crippen LogP contribution in [0.25, 0.3) is 22.3 Å². The summed E-state index contributed by atoms with van der Waals surface area (Å²) >= 11 is 0. The lowest BCUT2D eigenvalue weighted by Gasteiger charge is -2.06. The molecule has 0 spiro atoms. The second kappa shape index (κ2) is 9.68. The fourth-order valence-electron chi connectivity index (χ4n) is 3.45. The summed E-state index contributed by atoms with van der Waals surface area (Å²) in [6.07, 6.45) is 0. The van der Waals surface area contributed by atoms with Crippen LogP contribution in [-0.2, 0) is 6.54 Å². The first-order valence-electron chi connectivity index (χ1n) is 10.3. The van der Waals surface area contributed by atoms with E-state index in [9.17, 15) is 0 Å². The zero-order valence-corrected chi connectivity index (χ0v) is 17.6. The van der Waals surface area contributed by atoms with Crippen molar-refractivity contribution in [2.75, 3.05) is 0 Å². The molecule has 4 aromatic rings. The molecule has 0 aliphatic carbocycles. The topological polar surface area (TPSA) is 50.7 Å². The van der Waals surface area contributed by atoms with Crippen LogP contribution >= 0.6 is 0 Å². The van der Waals surface area contributed by atoms with Crippen LogP contribution in [0.15, 0.2) is 119 Å². The Hall–Kier alpha value is -3.98. The molecule has 2 N–H and O–H groups in total. The number of rotatable bonds is 5. The Labute approximate surface area is 183 Å². The highest BCUT2D eigenvalue weighted by molar-refractivity contribution is 6.05. The third-order valence-corrected chi connectivity index (χ3v) is 5.07. The Morgan fingerprint density at radius 3 is 1.84 bits per heavy atom. The van der Waals surface area contributed by atoms with E-state index in [2.05, 4.69) is 82.8 Å². The van der Waals surface area contributed by atoms with Crippen LogP contribution in [0.4, 0.5) is 0 Å². The molecule has 0 bridgehead atoms. The average molecular weight is 404 g/mol. The van der Waals surface area contributed by atoms with Crippen LogP contribution in [0.5, 0.6) is 0 Å². The van der Waals surface area contributed by atoms with Gasteiger partial charge in [-0.05, 0) is 46.9 Å². The van der Waals surface area contributed by atoms with Gasteiger partial charge >= 0.3 is 0 Å². The Morgan fingerprint density at radius 1 is 0.645 bits per heavy atom. The number of nitrogens with two attached hydrogens (primary N) is 1. The standard InChI is InChI=1S/C28H25N3/c1-21(30-20-22-10-8-15-25(18-22)23-11-4-2-5-12-23)31-28(29)27-17-9-16-26(19-27)24-13-6-3-7-14-24/h2-19H,20H2,1H3,(H2,29,30,31). The van der Waals surface area contributed by atoms with E-state index in [1.54, 1.807) is 0 Å².